The van der Waals surface area contributed by atoms with Crippen LogP contribution < -0.4 is 15.8 Å². The number of para-hydroxylation sites is 1. The molecule has 0 saturated carbocycles. The summed E-state index contributed by atoms with van der Waals surface area (Å²) in [5.74, 6) is 1.71. The number of dihydropyridines is 1. The quantitative estimate of drug-likeness (QED) is 0.904. The molecule has 1 heterocycles. The third-order valence-corrected chi connectivity index (χ3v) is 3.69. The Morgan fingerprint density at radius 2 is 1.82 bits per heavy atom. The first-order chi connectivity index (χ1) is 10.6. The SMILES string of the molecule is Cc1ccccc1Oc1ccc(CC2(N)C=CC=CN2)cc1. The third-order valence-electron chi connectivity index (χ3n) is 3.69. The normalized spacial score (nSPS) is 19.7. The highest BCUT2D eigenvalue weighted by atomic mass is 16.5. The maximum atomic E-state index is 6.29. The molecule has 2 aromatic rings. The molecule has 2 aromatic carbocycles. The molecule has 0 amide bonds. The highest BCUT2D eigenvalue weighted by Gasteiger charge is 2.21. The lowest BCUT2D eigenvalue weighted by Gasteiger charge is -2.28. The van der Waals surface area contributed by atoms with Gasteiger partial charge in [0.1, 0.15) is 17.2 Å². The van der Waals surface area contributed by atoms with Crippen molar-refractivity contribution in [2.24, 2.45) is 5.73 Å². The van der Waals surface area contributed by atoms with Gasteiger partial charge in [-0.05, 0) is 54.6 Å². The highest BCUT2D eigenvalue weighted by molar-refractivity contribution is 5.38. The van der Waals surface area contributed by atoms with Crippen molar-refractivity contribution in [3.05, 3.63) is 84.1 Å². The molecule has 0 fully saturated rings. The summed E-state index contributed by atoms with van der Waals surface area (Å²) < 4.78 is 5.91. The summed E-state index contributed by atoms with van der Waals surface area (Å²) in [5.41, 5.74) is 8.05. The minimum Gasteiger partial charge on any atom is -0.457 e. The summed E-state index contributed by atoms with van der Waals surface area (Å²) in [6, 6.07) is 16.1. The Hall–Kier alpha value is -2.52. The van der Waals surface area contributed by atoms with Gasteiger partial charge >= 0.3 is 0 Å². The Kier molecular flexibility index (Phi) is 3.98. The number of nitrogens with two attached hydrogens (primary N) is 1. The lowest BCUT2D eigenvalue weighted by molar-refractivity contribution is 0.463. The Balaban J connectivity index is 1.69. The molecule has 3 nitrogen and oxygen atoms in total. The van der Waals surface area contributed by atoms with Gasteiger partial charge in [0.05, 0.1) is 0 Å². The zero-order valence-electron chi connectivity index (χ0n) is 12.6. The van der Waals surface area contributed by atoms with Crippen molar-refractivity contribution >= 4 is 0 Å². The summed E-state index contributed by atoms with van der Waals surface area (Å²) in [6.45, 7) is 2.04. The van der Waals surface area contributed by atoms with Gasteiger partial charge in [0.15, 0.2) is 0 Å². The number of aryl methyl sites for hydroxylation is 1. The molecular formula is C19H20N2O. The second-order valence-corrected chi connectivity index (χ2v) is 5.59. The van der Waals surface area contributed by atoms with Crippen LogP contribution in [-0.2, 0) is 6.42 Å². The number of hydrogen-bond donors (Lipinski definition) is 2. The van der Waals surface area contributed by atoms with E-state index >= 15 is 0 Å². The molecular weight excluding hydrogens is 272 g/mol. The first-order valence-electron chi connectivity index (χ1n) is 7.38. The summed E-state index contributed by atoms with van der Waals surface area (Å²) in [7, 11) is 0. The minimum atomic E-state index is -0.521. The smallest absolute Gasteiger partial charge is 0.130 e. The lowest BCUT2D eigenvalue weighted by Crippen LogP contribution is -2.52. The first kappa shape index (κ1) is 14.4. The molecule has 0 aromatic heterocycles. The van der Waals surface area contributed by atoms with E-state index < -0.39 is 5.66 Å². The van der Waals surface area contributed by atoms with Crippen LogP contribution in [0.5, 0.6) is 11.5 Å². The largest absolute Gasteiger partial charge is 0.457 e. The van der Waals surface area contributed by atoms with Crippen molar-refractivity contribution in [2.45, 2.75) is 19.0 Å². The molecule has 1 atom stereocenters. The fourth-order valence-electron chi connectivity index (χ4n) is 2.46. The van der Waals surface area contributed by atoms with Crippen molar-refractivity contribution in [1.29, 1.82) is 0 Å². The predicted octanol–water partition coefficient (Wildman–Crippen LogP) is 3.66. The maximum Gasteiger partial charge on any atom is 0.130 e. The summed E-state index contributed by atoms with van der Waals surface area (Å²) in [4.78, 5) is 0. The molecule has 22 heavy (non-hydrogen) atoms. The van der Waals surface area contributed by atoms with E-state index in [0.29, 0.717) is 0 Å². The van der Waals surface area contributed by atoms with E-state index in [1.807, 2.05) is 67.7 Å². The topological polar surface area (TPSA) is 47.3 Å². The fourth-order valence-corrected chi connectivity index (χ4v) is 2.46. The average molecular weight is 292 g/mol. The second kappa shape index (κ2) is 6.08. The van der Waals surface area contributed by atoms with E-state index in [1.165, 1.54) is 0 Å². The van der Waals surface area contributed by atoms with E-state index in [9.17, 15) is 0 Å². The van der Waals surface area contributed by atoms with Crippen molar-refractivity contribution in [1.82, 2.24) is 5.32 Å². The number of hydrogen-bond acceptors (Lipinski definition) is 3. The van der Waals surface area contributed by atoms with E-state index in [1.54, 1.807) is 0 Å². The van der Waals surface area contributed by atoms with Crippen LogP contribution in [0.3, 0.4) is 0 Å². The molecule has 0 radical (unpaired) electrons. The van der Waals surface area contributed by atoms with E-state index in [0.717, 1.165) is 29.0 Å². The molecule has 112 valence electrons. The number of nitrogens with one attached hydrogen (secondary N) is 1. The van der Waals surface area contributed by atoms with E-state index in [-0.39, 0.29) is 0 Å². The van der Waals surface area contributed by atoms with Crippen LogP contribution in [0.4, 0.5) is 0 Å². The van der Waals surface area contributed by atoms with Crippen LogP contribution in [0.2, 0.25) is 0 Å². The van der Waals surface area contributed by atoms with Crippen molar-refractivity contribution in [3.63, 3.8) is 0 Å². The number of ether oxygens (including phenoxy) is 1. The van der Waals surface area contributed by atoms with Crippen molar-refractivity contribution in [3.8, 4) is 11.5 Å². The molecule has 0 bridgehead atoms. The monoisotopic (exact) mass is 292 g/mol. The molecule has 0 saturated heterocycles. The first-order valence-corrected chi connectivity index (χ1v) is 7.38. The van der Waals surface area contributed by atoms with Gasteiger partial charge in [-0.2, -0.15) is 0 Å². The van der Waals surface area contributed by atoms with Gasteiger partial charge in [0.2, 0.25) is 0 Å². The Labute approximate surface area is 131 Å². The highest BCUT2D eigenvalue weighted by Crippen LogP contribution is 2.25. The van der Waals surface area contributed by atoms with Crippen LogP contribution in [0.25, 0.3) is 0 Å². The van der Waals surface area contributed by atoms with Crippen molar-refractivity contribution in [2.75, 3.05) is 0 Å². The Bertz CT molecular complexity index is 704. The van der Waals surface area contributed by atoms with Gasteiger partial charge in [-0.15, -0.1) is 0 Å². The van der Waals surface area contributed by atoms with Crippen LogP contribution >= 0.6 is 0 Å². The fraction of sp³-hybridized carbons (Fsp3) is 0.158. The third kappa shape index (κ3) is 3.38. The lowest BCUT2D eigenvalue weighted by atomic mass is 9.98. The second-order valence-electron chi connectivity index (χ2n) is 5.59. The molecule has 0 aliphatic carbocycles. The van der Waals surface area contributed by atoms with Crippen LogP contribution in [-0.4, -0.2) is 5.66 Å². The van der Waals surface area contributed by atoms with Gasteiger partial charge in [-0.1, -0.05) is 36.4 Å². The number of rotatable bonds is 4. The van der Waals surface area contributed by atoms with Gasteiger partial charge in [-0.3, -0.25) is 0 Å². The molecule has 3 rings (SSSR count). The summed E-state index contributed by atoms with van der Waals surface area (Å²) >= 11 is 0. The molecule has 1 aliphatic heterocycles. The van der Waals surface area contributed by atoms with E-state index in [2.05, 4.69) is 17.4 Å². The average Bonchev–Trinajstić information content (AvgIpc) is 2.52. The molecule has 1 unspecified atom stereocenters. The van der Waals surface area contributed by atoms with Crippen molar-refractivity contribution < 1.29 is 4.74 Å². The van der Waals surface area contributed by atoms with Gasteiger partial charge in [-0.25, -0.2) is 0 Å². The maximum absolute atomic E-state index is 6.29. The predicted molar refractivity (Wildman–Crippen MR) is 89.7 cm³/mol. The Morgan fingerprint density at radius 3 is 2.50 bits per heavy atom. The zero-order valence-corrected chi connectivity index (χ0v) is 12.6. The zero-order chi connectivity index (χ0) is 15.4. The van der Waals surface area contributed by atoms with Gasteiger partial charge < -0.3 is 15.8 Å². The molecule has 3 heteroatoms. The molecule has 1 aliphatic rings. The summed E-state index contributed by atoms with van der Waals surface area (Å²) in [6.07, 6.45) is 8.47. The Morgan fingerprint density at radius 1 is 1.05 bits per heavy atom. The van der Waals surface area contributed by atoms with Crippen LogP contribution in [0.15, 0.2) is 73.0 Å². The van der Waals surface area contributed by atoms with Crippen LogP contribution in [0.1, 0.15) is 11.1 Å². The van der Waals surface area contributed by atoms with E-state index in [4.69, 9.17) is 10.5 Å². The van der Waals surface area contributed by atoms with Crippen LogP contribution in [0, 0.1) is 6.92 Å². The number of allylic oxidation sites excluding steroid dienone is 2. The molecule has 0 spiro atoms. The van der Waals surface area contributed by atoms with Gasteiger partial charge in [0, 0.05) is 6.42 Å². The minimum absolute atomic E-state index is 0.521. The standard InChI is InChI=1S/C19H20N2O/c1-15-6-2-3-7-18(15)22-17-10-8-16(9-11-17)14-19(20)12-4-5-13-21-19/h2-13,21H,14,20H2,1H3. The number of benzene rings is 2. The summed E-state index contributed by atoms with van der Waals surface area (Å²) in [5, 5.41) is 3.19. The molecule has 3 N–H and O–H groups in total. The van der Waals surface area contributed by atoms with Gasteiger partial charge in [0.25, 0.3) is 0 Å².